The molecule has 0 amide bonds. The quantitative estimate of drug-likeness (QED) is 0.0222. The Balaban J connectivity index is 5.21. The third-order valence-electron chi connectivity index (χ3n) is 16.4. The van der Waals surface area contributed by atoms with Crippen molar-refractivity contribution >= 4 is 39.5 Å². The van der Waals surface area contributed by atoms with Crippen molar-refractivity contribution < 1.29 is 80.2 Å². The van der Waals surface area contributed by atoms with Gasteiger partial charge in [0.05, 0.1) is 26.4 Å². The highest BCUT2D eigenvalue weighted by atomic mass is 31.2. The van der Waals surface area contributed by atoms with Crippen molar-refractivity contribution in [3.05, 3.63) is 0 Å². The van der Waals surface area contributed by atoms with E-state index in [2.05, 4.69) is 27.7 Å². The smallest absolute Gasteiger partial charge is 0.462 e. The van der Waals surface area contributed by atoms with Crippen molar-refractivity contribution in [2.75, 3.05) is 39.6 Å². The zero-order valence-corrected chi connectivity index (χ0v) is 59.2. The molecule has 0 aliphatic rings. The van der Waals surface area contributed by atoms with E-state index in [4.69, 9.17) is 37.0 Å². The summed E-state index contributed by atoms with van der Waals surface area (Å²) in [6.07, 6.45) is 52.6. The molecule has 2 unspecified atom stereocenters. The molecule has 0 radical (unpaired) electrons. The molecular formula is C70H136O17P2. The third kappa shape index (κ3) is 64.6. The molecule has 0 rings (SSSR count). The van der Waals surface area contributed by atoms with Crippen LogP contribution in [0.2, 0.25) is 0 Å². The number of aliphatic hydroxyl groups is 1. The van der Waals surface area contributed by atoms with E-state index in [9.17, 15) is 43.2 Å². The van der Waals surface area contributed by atoms with Gasteiger partial charge in [-0.2, -0.15) is 0 Å². The lowest BCUT2D eigenvalue weighted by Crippen LogP contribution is -2.30. The molecule has 0 heterocycles. The van der Waals surface area contributed by atoms with Crippen LogP contribution in [-0.4, -0.2) is 96.7 Å². The van der Waals surface area contributed by atoms with Gasteiger partial charge in [-0.1, -0.05) is 317 Å². The number of unbranched alkanes of at least 4 members (excludes halogenated alkanes) is 45. The monoisotopic (exact) mass is 1310 g/mol. The van der Waals surface area contributed by atoms with Gasteiger partial charge in [-0.15, -0.1) is 0 Å². The highest BCUT2D eigenvalue weighted by Crippen LogP contribution is 2.45. The van der Waals surface area contributed by atoms with E-state index in [0.717, 1.165) is 89.9 Å². The molecule has 0 aromatic carbocycles. The first kappa shape index (κ1) is 87.1. The van der Waals surface area contributed by atoms with Gasteiger partial charge in [-0.25, -0.2) is 9.13 Å². The molecule has 19 heteroatoms. The predicted octanol–water partition coefficient (Wildman–Crippen LogP) is 20.3. The van der Waals surface area contributed by atoms with Crippen molar-refractivity contribution in [2.24, 2.45) is 0 Å². The van der Waals surface area contributed by atoms with E-state index in [1.807, 2.05) is 0 Å². The molecule has 0 aliphatic heterocycles. The van der Waals surface area contributed by atoms with Gasteiger partial charge in [0.15, 0.2) is 12.2 Å². The number of hydrogen-bond acceptors (Lipinski definition) is 15. The number of carbonyl (C=O) groups excluding carboxylic acids is 4. The van der Waals surface area contributed by atoms with E-state index >= 15 is 0 Å². The molecular weight excluding hydrogens is 1170 g/mol. The Morgan fingerprint density at radius 3 is 0.663 bits per heavy atom. The highest BCUT2D eigenvalue weighted by Gasteiger charge is 2.30. The second-order valence-corrected chi connectivity index (χ2v) is 28.2. The van der Waals surface area contributed by atoms with E-state index in [1.54, 1.807) is 0 Å². The molecule has 0 saturated carbocycles. The van der Waals surface area contributed by atoms with Crippen LogP contribution < -0.4 is 0 Å². The Morgan fingerprint density at radius 2 is 0.449 bits per heavy atom. The summed E-state index contributed by atoms with van der Waals surface area (Å²) in [6.45, 7) is 4.93. The number of carbonyl (C=O) groups is 4. The van der Waals surface area contributed by atoms with Crippen LogP contribution >= 0.6 is 15.6 Å². The molecule has 0 aromatic rings. The Bertz CT molecular complexity index is 1710. The summed E-state index contributed by atoms with van der Waals surface area (Å²) in [6, 6.07) is 0. The van der Waals surface area contributed by atoms with Gasteiger partial charge in [-0.3, -0.25) is 37.3 Å². The fraction of sp³-hybridized carbons (Fsp3) is 0.943. The maximum atomic E-state index is 13.0. The minimum atomic E-state index is -4.95. The second-order valence-electron chi connectivity index (χ2n) is 25.3. The van der Waals surface area contributed by atoms with Crippen LogP contribution in [0.1, 0.15) is 368 Å². The number of phosphoric ester groups is 2. The molecule has 5 atom stereocenters. The Hall–Kier alpha value is -1.94. The first-order valence-corrected chi connectivity index (χ1v) is 39.8. The van der Waals surface area contributed by atoms with Gasteiger partial charge in [0.2, 0.25) is 0 Å². The summed E-state index contributed by atoms with van der Waals surface area (Å²) in [4.78, 5) is 72.5. The summed E-state index contributed by atoms with van der Waals surface area (Å²) in [5, 5.41) is 10.6. The predicted molar refractivity (Wildman–Crippen MR) is 359 cm³/mol. The molecule has 17 nitrogen and oxygen atoms in total. The lowest BCUT2D eigenvalue weighted by atomic mass is 10.0. The SMILES string of the molecule is CCCCCCCCCCCCCCCCCCCC(=O)O[C@H](COC(=O)CCCCCCCCCCCCCC)COP(=O)(O)OC[C@@H](O)COP(=O)(O)OC[C@@H](COC(=O)CCCCCCCCCCCC)OC(=O)CCCCCCCCCCCC. The lowest BCUT2D eigenvalue weighted by Gasteiger charge is -2.21. The lowest BCUT2D eigenvalue weighted by molar-refractivity contribution is -0.161. The summed E-state index contributed by atoms with van der Waals surface area (Å²) >= 11 is 0. The maximum absolute atomic E-state index is 13.0. The van der Waals surface area contributed by atoms with Gasteiger partial charge in [0.1, 0.15) is 19.3 Å². The minimum absolute atomic E-state index is 0.107. The molecule has 0 spiro atoms. The van der Waals surface area contributed by atoms with Crippen LogP contribution in [-0.2, 0) is 65.4 Å². The van der Waals surface area contributed by atoms with Crippen molar-refractivity contribution in [3.63, 3.8) is 0 Å². The summed E-state index contributed by atoms with van der Waals surface area (Å²) in [5.41, 5.74) is 0. The standard InChI is InChI=1S/C70H136O17P2/c1-5-9-13-17-21-25-29-31-32-33-34-35-37-41-45-49-53-57-70(75)87-66(61-81-68(73)55-51-47-43-40-36-30-26-22-18-14-10-6-2)63-85-89(78,79)83-59-64(71)58-82-88(76,77)84-62-65(86-69(74)56-52-48-44-39-28-24-20-16-12-8-4)60-80-67(72)54-50-46-42-38-27-23-19-15-11-7-3/h64-66,71H,5-63H2,1-4H3,(H,76,77)(H,78,79)/t64-,65+,66+/m0/s1. The number of ether oxygens (including phenoxy) is 4. The first-order chi connectivity index (χ1) is 43.2. The van der Waals surface area contributed by atoms with Crippen LogP contribution in [0.15, 0.2) is 0 Å². The Kier molecular flexibility index (Phi) is 63.3. The van der Waals surface area contributed by atoms with Crippen molar-refractivity contribution in [1.29, 1.82) is 0 Å². The van der Waals surface area contributed by atoms with Gasteiger partial charge >= 0.3 is 39.5 Å². The van der Waals surface area contributed by atoms with E-state index < -0.39 is 97.5 Å². The topological polar surface area (TPSA) is 237 Å². The molecule has 528 valence electrons. The third-order valence-corrected chi connectivity index (χ3v) is 18.3. The Morgan fingerprint density at radius 1 is 0.270 bits per heavy atom. The number of aliphatic hydroxyl groups excluding tert-OH is 1. The maximum Gasteiger partial charge on any atom is 0.472 e. The fourth-order valence-electron chi connectivity index (χ4n) is 10.7. The molecule has 0 bridgehead atoms. The highest BCUT2D eigenvalue weighted by molar-refractivity contribution is 7.47. The van der Waals surface area contributed by atoms with Gasteiger partial charge in [0, 0.05) is 25.7 Å². The van der Waals surface area contributed by atoms with E-state index in [0.29, 0.717) is 25.7 Å². The van der Waals surface area contributed by atoms with Gasteiger partial charge in [0.25, 0.3) is 0 Å². The molecule has 0 fully saturated rings. The Labute approximate surface area is 543 Å². The first-order valence-electron chi connectivity index (χ1n) is 36.8. The normalized spacial score (nSPS) is 14.0. The summed E-state index contributed by atoms with van der Waals surface area (Å²) in [5.74, 6) is -2.12. The number of phosphoric acid groups is 2. The summed E-state index contributed by atoms with van der Waals surface area (Å²) in [7, 11) is -9.89. The van der Waals surface area contributed by atoms with Crippen molar-refractivity contribution in [2.45, 2.75) is 386 Å². The largest absolute Gasteiger partial charge is 0.472 e. The summed E-state index contributed by atoms with van der Waals surface area (Å²) < 4.78 is 68.2. The molecule has 0 aliphatic carbocycles. The van der Waals surface area contributed by atoms with E-state index in [-0.39, 0.29) is 25.7 Å². The average molecular weight is 1310 g/mol. The van der Waals surface area contributed by atoms with Crippen molar-refractivity contribution in [3.8, 4) is 0 Å². The second kappa shape index (κ2) is 64.8. The molecule has 0 saturated heterocycles. The van der Waals surface area contributed by atoms with Crippen LogP contribution in [0.5, 0.6) is 0 Å². The van der Waals surface area contributed by atoms with Gasteiger partial charge < -0.3 is 33.8 Å². The molecule has 3 N–H and O–H groups in total. The minimum Gasteiger partial charge on any atom is -0.462 e. The van der Waals surface area contributed by atoms with Gasteiger partial charge in [-0.05, 0) is 25.7 Å². The molecule has 0 aromatic heterocycles. The van der Waals surface area contributed by atoms with Crippen molar-refractivity contribution in [1.82, 2.24) is 0 Å². The van der Waals surface area contributed by atoms with Crippen LogP contribution in [0, 0.1) is 0 Å². The molecule has 89 heavy (non-hydrogen) atoms. The number of esters is 4. The fourth-order valence-corrected chi connectivity index (χ4v) is 12.3. The van der Waals surface area contributed by atoms with Crippen LogP contribution in [0.25, 0.3) is 0 Å². The number of hydrogen-bond donors (Lipinski definition) is 3. The zero-order chi connectivity index (χ0) is 65.4. The zero-order valence-electron chi connectivity index (χ0n) is 57.4. The van der Waals surface area contributed by atoms with E-state index in [1.165, 1.54) is 199 Å². The van der Waals surface area contributed by atoms with Crippen LogP contribution in [0.3, 0.4) is 0 Å². The van der Waals surface area contributed by atoms with Crippen LogP contribution in [0.4, 0.5) is 0 Å². The average Bonchev–Trinajstić information content (AvgIpc) is 3.70. The number of rotatable bonds is 71.